The third-order valence-corrected chi connectivity index (χ3v) is 3.20. The lowest BCUT2D eigenvalue weighted by molar-refractivity contribution is 0.0717. The highest BCUT2D eigenvalue weighted by Gasteiger charge is 2.31. The van der Waals surface area contributed by atoms with Gasteiger partial charge in [-0.05, 0) is 18.4 Å². The van der Waals surface area contributed by atoms with Crippen molar-refractivity contribution in [3.8, 4) is 0 Å². The lowest BCUT2D eigenvalue weighted by atomic mass is 9.91. The number of hydrogen-bond acceptors (Lipinski definition) is 2. The zero-order valence-electron chi connectivity index (χ0n) is 7.89. The van der Waals surface area contributed by atoms with Crippen LogP contribution in [-0.4, -0.2) is 30.1 Å². The predicted octanol–water partition coefficient (Wildman–Crippen LogP) is 2.31. The Morgan fingerprint density at radius 2 is 1.85 bits per heavy atom. The Morgan fingerprint density at radius 1 is 1.15 bits per heavy atom. The van der Waals surface area contributed by atoms with Crippen molar-refractivity contribution in [2.75, 3.05) is 13.1 Å². The molecule has 2 aliphatic rings. The van der Waals surface area contributed by atoms with E-state index in [0.717, 1.165) is 19.1 Å². The van der Waals surface area contributed by atoms with Gasteiger partial charge in [0.15, 0.2) is 0 Å². The topological polar surface area (TPSA) is 52.0 Å². The van der Waals surface area contributed by atoms with Crippen LogP contribution in [0.25, 0.3) is 10.4 Å². The number of nitrogens with zero attached hydrogens (tertiary/aromatic N) is 4. The zero-order valence-corrected chi connectivity index (χ0v) is 7.89. The minimum absolute atomic E-state index is 0.256. The molecule has 0 bridgehead atoms. The van der Waals surface area contributed by atoms with Crippen LogP contribution in [0.4, 0.5) is 0 Å². The summed E-state index contributed by atoms with van der Waals surface area (Å²) in [7, 11) is 0. The van der Waals surface area contributed by atoms with E-state index in [4.69, 9.17) is 5.53 Å². The van der Waals surface area contributed by atoms with Gasteiger partial charge in [0.2, 0.25) is 0 Å². The molecule has 1 aliphatic heterocycles. The molecule has 0 radical (unpaired) electrons. The molecule has 1 heterocycles. The largest absolute Gasteiger partial charge is 0.299 e. The van der Waals surface area contributed by atoms with Crippen molar-refractivity contribution in [1.29, 1.82) is 0 Å². The Bertz CT molecular complexity index is 210. The molecule has 1 saturated heterocycles. The SMILES string of the molecule is [N-]=[N+]=NC1CN(C2CCCCC2)C1. The van der Waals surface area contributed by atoms with Crippen LogP contribution in [0.15, 0.2) is 5.11 Å². The smallest absolute Gasteiger partial charge is 0.0628 e. The van der Waals surface area contributed by atoms with Gasteiger partial charge in [0.05, 0.1) is 6.04 Å². The molecule has 0 unspecified atom stereocenters. The molecule has 1 saturated carbocycles. The van der Waals surface area contributed by atoms with Gasteiger partial charge in [-0.2, -0.15) is 0 Å². The van der Waals surface area contributed by atoms with Gasteiger partial charge < -0.3 is 0 Å². The molecule has 0 aromatic heterocycles. The Morgan fingerprint density at radius 3 is 2.46 bits per heavy atom. The Hall–Kier alpha value is -0.730. The van der Waals surface area contributed by atoms with Gasteiger partial charge >= 0.3 is 0 Å². The van der Waals surface area contributed by atoms with Crippen LogP contribution in [0.2, 0.25) is 0 Å². The van der Waals surface area contributed by atoms with Gasteiger partial charge in [0.25, 0.3) is 0 Å². The van der Waals surface area contributed by atoms with Crippen molar-refractivity contribution in [2.45, 2.75) is 44.2 Å². The summed E-state index contributed by atoms with van der Waals surface area (Å²) in [6, 6.07) is 1.05. The van der Waals surface area contributed by atoms with Crippen molar-refractivity contribution in [2.24, 2.45) is 5.11 Å². The summed E-state index contributed by atoms with van der Waals surface area (Å²) in [5, 5.41) is 3.71. The summed E-state index contributed by atoms with van der Waals surface area (Å²) < 4.78 is 0. The minimum Gasteiger partial charge on any atom is -0.299 e. The molecule has 4 nitrogen and oxygen atoms in total. The maximum absolute atomic E-state index is 8.24. The van der Waals surface area contributed by atoms with Gasteiger partial charge in [-0.1, -0.05) is 24.4 Å². The standard InChI is InChI=1S/C9H16N4/c10-12-11-8-6-13(7-8)9-4-2-1-3-5-9/h8-9H,1-7H2. The van der Waals surface area contributed by atoms with Crippen LogP contribution in [0, 0.1) is 0 Å². The Labute approximate surface area is 78.5 Å². The van der Waals surface area contributed by atoms with Crippen LogP contribution in [0.1, 0.15) is 32.1 Å². The van der Waals surface area contributed by atoms with E-state index >= 15 is 0 Å². The predicted molar refractivity (Wildman–Crippen MR) is 51.4 cm³/mol. The van der Waals surface area contributed by atoms with Crippen LogP contribution < -0.4 is 0 Å². The summed E-state index contributed by atoms with van der Waals surface area (Å²) >= 11 is 0. The molecule has 2 rings (SSSR count). The van der Waals surface area contributed by atoms with E-state index < -0.39 is 0 Å². The second-order valence-corrected chi connectivity index (χ2v) is 4.10. The molecular formula is C9H16N4. The molecule has 2 fully saturated rings. The quantitative estimate of drug-likeness (QED) is 0.365. The fourth-order valence-corrected chi connectivity index (χ4v) is 2.38. The average molecular weight is 180 g/mol. The zero-order chi connectivity index (χ0) is 9.10. The van der Waals surface area contributed by atoms with Gasteiger partial charge in [-0.3, -0.25) is 4.90 Å². The van der Waals surface area contributed by atoms with E-state index in [0.29, 0.717) is 0 Å². The molecule has 0 aromatic rings. The molecule has 0 atom stereocenters. The normalized spacial score (nSPS) is 26.5. The summed E-state index contributed by atoms with van der Waals surface area (Å²) in [6.07, 6.45) is 6.87. The highest BCUT2D eigenvalue weighted by molar-refractivity contribution is 4.91. The van der Waals surface area contributed by atoms with Crippen LogP contribution in [0.5, 0.6) is 0 Å². The Kier molecular flexibility index (Phi) is 2.71. The lowest BCUT2D eigenvalue weighted by Crippen LogP contribution is -2.54. The van der Waals surface area contributed by atoms with Crippen LogP contribution in [-0.2, 0) is 0 Å². The average Bonchev–Trinajstić information content (AvgIpc) is 2.12. The first-order valence-corrected chi connectivity index (χ1v) is 5.18. The minimum atomic E-state index is 0.256. The van der Waals surface area contributed by atoms with Crippen molar-refractivity contribution < 1.29 is 0 Å². The molecule has 72 valence electrons. The molecule has 1 aliphatic carbocycles. The summed E-state index contributed by atoms with van der Waals surface area (Å²) in [5.41, 5.74) is 8.24. The fourth-order valence-electron chi connectivity index (χ4n) is 2.38. The summed E-state index contributed by atoms with van der Waals surface area (Å²) in [6.45, 7) is 1.99. The number of rotatable bonds is 2. The first kappa shape index (κ1) is 8.85. The van der Waals surface area contributed by atoms with Crippen molar-refractivity contribution in [3.63, 3.8) is 0 Å². The molecule has 4 heteroatoms. The number of likely N-dealkylation sites (tertiary alicyclic amines) is 1. The van der Waals surface area contributed by atoms with E-state index in [1.807, 2.05) is 0 Å². The molecular weight excluding hydrogens is 164 g/mol. The maximum atomic E-state index is 8.24. The molecule has 0 aromatic carbocycles. The second kappa shape index (κ2) is 3.99. The fraction of sp³-hybridized carbons (Fsp3) is 1.00. The third-order valence-electron chi connectivity index (χ3n) is 3.20. The van der Waals surface area contributed by atoms with Crippen molar-refractivity contribution in [3.05, 3.63) is 10.4 Å². The van der Waals surface area contributed by atoms with Crippen LogP contribution >= 0.6 is 0 Å². The van der Waals surface area contributed by atoms with E-state index in [1.165, 1.54) is 32.1 Å². The monoisotopic (exact) mass is 180 g/mol. The highest BCUT2D eigenvalue weighted by Crippen LogP contribution is 2.26. The van der Waals surface area contributed by atoms with E-state index in [-0.39, 0.29) is 6.04 Å². The van der Waals surface area contributed by atoms with E-state index in [1.54, 1.807) is 0 Å². The lowest BCUT2D eigenvalue weighted by Gasteiger charge is -2.44. The van der Waals surface area contributed by atoms with E-state index in [9.17, 15) is 0 Å². The Balaban J connectivity index is 1.75. The third kappa shape index (κ3) is 1.95. The van der Waals surface area contributed by atoms with Crippen LogP contribution in [0.3, 0.4) is 0 Å². The summed E-state index contributed by atoms with van der Waals surface area (Å²) in [5.74, 6) is 0. The first-order valence-electron chi connectivity index (χ1n) is 5.18. The highest BCUT2D eigenvalue weighted by atomic mass is 15.3. The van der Waals surface area contributed by atoms with Gasteiger partial charge in [0, 0.05) is 24.0 Å². The maximum Gasteiger partial charge on any atom is 0.0628 e. The molecule has 0 amide bonds. The van der Waals surface area contributed by atoms with Gasteiger partial charge in [-0.25, -0.2) is 0 Å². The first-order chi connectivity index (χ1) is 6.40. The van der Waals surface area contributed by atoms with Gasteiger partial charge in [0.1, 0.15) is 0 Å². The molecule has 0 N–H and O–H groups in total. The molecule has 0 spiro atoms. The second-order valence-electron chi connectivity index (χ2n) is 4.10. The summed E-state index contributed by atoms with van der Waals surface area (Å²) in [4.78, 5) is 5.31. The van der Waals surface area contributed by atoms with E-state index in [2.05, 4.69) is 14.9 Å². The number of hydrogen-bond donors (Lipinski definition) is 0. The molecule has 13 heavy (non-hydrogen) atoms. The van der Waals surface area contributed by atoms with Crippen molar-refractivity contribution in [1.82, 2.24) is 4.90 Å². The number of azide groups is 1. The van der Waals surface area contributed by atoms with Gasteiger partial charge in [-0.15, -0.1) is 0 Å². The van der Waals surface area contributed by atoms with Crippen molar-refractivity contribution >= 4 is 0 Å².